The van der Waals surface area contributed by atoms with Gasteiger partial charge >= 0.3 is 0 Å². The van der Waals surface area contributed by atoms with E-state index in [2.05, 4.69) is 0 Å². The van der Waals surface area contributed by atoms with Gasteiger partial charge in [0.2, 0.25) is 10.0 Å². The van der Waals surface area contributed by atoms with Gasteiger partial charge in [0.25, 0.3) is 0 Å². The maximum Gasteiger partial charge on any atom is 0.234 e. The summed E-state index contributed by atoms with van der Waals surface area (Å²) in [6, 6.07) is 14.4. The molecule has 0 saturated carbocycles. The molecule has 1 atom stereocenters. The van der Waals surface area contributed by atoms with E-state index in [-0.39, 0.29) is 13.1 Å². The van der Waals surface area contributed by atoms with Crippen molar-refractivity contribution in [2.45, 2.75) is 43.8 Å². The Morgan fingerprint density at radius 2 is 1.40 bits per heavy atom. The van der Waals surface area contributed by atoms with Crippen LogP contribution in [-0.4, -0.2) is 25.8 Å². The van der Waals surface area contributed by atoms with Crippen LogP contribution in [0.2, 0.25) is 0 Å². The summed E-state index contributed by atoms with van der Waals surface area (Å²) in [4.78, 5) is 0. The fourth-order valence-corrected chi connectivity index (χ4v) is 4.14. The third-order valence-corrected chi connectivity index (χ3v) is 5.83. The lowest BCUT2D eigenvalue weighted by molar-refractivity contribution is 0.389. The highest BCUT2D eigenvalue weighted by Gasteiger charge is 2.32. The van der Waals surface area contributed by atoms with Gasteiger partial charge in [0.05, 0.1) is 18.2 Å². The zero-order valence-electron chi connectivity index (χ0n) is 14.1. The van der Waals surface area contributed by atoms with E-state index in [9.17, 15) is 13.7 Å². The van der Waals surface area contributed by atoms with Crippen molar-refractivity contribution in [2.24, 2.45) is 0 Å². The Morgan fingerprint density at radius 1 is 0.880 bits per heavy atom. The lowest BCUT2D eigenvalue weighted by Crippen LogP contribution is -2.36. The van der Waals surface area contributed by atoms with Crippen molar-refractivity contribution in [3.05, 3.63) is 35.9 Å². The van der Waals surface area contributed by atoms with Gasteiger partial charge in [0, 0.05) is 25.9 Å². The molecule has 132 valence electrons. The smallest absolute Gasteiger partial charge is 0.210 e. The molecule has 1 aromatic rings. The predicted molar refractivity (Wildman–Crippen MR) is 94.2 cm³/mol. The van der Waals surface area contributed by atoms with Gasteiger partial charge in [-0.05, 0) is 31.2 Å². The van der Waals surface area contributed by atoms with E-state index in [1.807, 2.05) is 18.2 Å². The fourth-order valence-electron chi connectivity index (χ4n) is 2.44. The monoisotopic (exact) mass is 358 g/mol. The van der Waals surface area contributed by atoms with Crippen LogP contribution in [0.3, 0.4) is 0 Å². The predicted octanol–water partition coefficient (Wildman–Crippen LogP) is 3.27. The molecule has 1 unspecified atom stereocenters. The number of unbranched alkanes of at least 4 members (excludes halogenated alkanes) is 4. The molecule has 0 saturated heterocycles. The van der Waals surface area contributed by atoms with E-state index in [0.29, 0.717) is 44.1 Å². The molecule has 0 amide bonds. The number of sulfonamides is 1. The highest BCUT2D eigenvalue weighted by molar-refractivity contribution is 7.89. The number of benzene rings is 1. The van der Waals surface area contributed by atoms with Gasteiger partial charge in [-0.25, -0.2) is 12.7 Å². The second-order valence-electron chi connectivity index (χ2n) is 5.59. The van der Waals surface area contributed by atoms with Crippen LogP contribution in [0, 0.1) is 34.0 Å². The Kier molecular flexibility index (Phi) is 9.25. The lowest BCUT2D eigenvalue weighted by atomic mass is 10.2. The van der Waals surface area contributed by atoms with E-state index in [0.717, 1.165) is 0 Å². The van der Waals surface area contributed by atoms with Crippen molar-refractivity contribution < 1.29 is 8.42 Å². The summed E-state index contributed by atoms with van der Waals surface area (Å²) >= 11 is 0. The molecule has 0 N–H and O–H groups in total. The van der Waals surface area contributed by atoms with Crippen LogP contribution in [0.15, 0.2) is 30.3 Å². The minimum atomic E-state index is -3.83. The number of nitrogens with zero attached hydrogens (tertiary/aromatic N) is 4. The molecule has 7 heteroatoms. The van der Waals surface area contributed by atoms with Gasteiger partial charge < -0.3 is 0 Å². The molecule has 0 aliphatic rings. The van der Waals surface area contributed by atoms with Gasteiger partial charge in [-0.3, -0.25) is 0 Å². The molecule has 0 heterocycles. The molecule has 0 aromatic heterocycles. The molecule has 0 radical (unpaired) electrons. The first-order chi connectivity index (χ1) is 12.1. The number of rotatable bonds is 11. The minimum Gasteiger partial charge on any atom is -0.210 e. The SMILES string of the molecule is N#CCCCCN(CCCCC#N)S(=O)(=O)C(C#N)c1ccccc1. The summed E-state index contributed by atoms with van der Waals surface area (Å²) in [5, 5.41) is 25.4. The summed E-state index contributed by atoms with van der Waals surface area (Å²) in [6.07, 6.45) is 3.12. The van der Waals surface area contributed by atoms with Gasteiger partial charge in [-0.1, -0.05) is 30.3 Å². The van der Waals surface area contributed by atoms with Crippen LogP contribution in [-0.2, 0) is 10.0 Å². The van der Waals surface area contributed by atoms with Crippen molar-refractivity contribution in [2.75, 3.05) is 13.1 Å². The first-order valence-electron chi connectivity index (χ1n) is 8.25. The Labute approximate surface area is 150 Å². The normalized spacial score (nSPS) is 12.1. The third kappa shape index (κ3) is 6.55. The van der Waals surface area contributed by atoms with Crippen molar-refractivity contribution >= 4 is 10.0 Å². The summed E-state index contributed by atoms with van der Waals surface area (Å²) < 4.78 is 27.3. The van der Waals surface area contributed by atoms with Crippen LogP contribution in [0.5, 0.6) is 0 Å². The summed E-state index contributed by atoms with van der Waals surface area (Å²) in [7, 11) is -3.83. The summed E-state index contributed by atoms with van der Waals surface area (Å²) in [6.45, 7) is 0.559. The quantitative estimate of drug-likeness (QED) is 0.564. The van der Waals surface area contributed by atoms with Crippen LogP contribution < -0.4 is 0 Å². The van der Waals surface area contributed by atoms with Crippen molar-refractivity contribution in [1.82, 2.24) is 4.31 Å². The molecule has 0 spiro atoms. The molecule has 25 heavy (non-hydrogen) atoms. The molecule has 1 aromatic carbocycles. The van der Waals surface area contributed by atoms with Crippen molar-refractivity contribution in [3.8, 4) is 18.2 Å². The van der Waals surface area contributed by atoms with Gasteiger partial charge in [-0.15, -0.1) is 0 Å². The van der Waals surface area contributed by atoms with Crippen LogP contribution >= 0.6 is 0 Å². The number of hydrogen-bond donors (Lipinski definition) is 0. The topological polar surface area (TPSA) is 109 Å². The third-order valence-electron chi connectivity index (χ3n) is 3.77. The summed E-state index contributed by atoms with van der Waals surface area (Å²) in [5.41, 5.74) is 0.448. The van der Waals surface area contributed by atoms with E-state index < -0.39 is 15.3 Å². The average molecular weight is 358 g/mol. The largest absolute Gasteiger partial charge is 0.234 e. The van der Waals surface area contributed by atoms with Crippen molar-refractivity contribution in [3.63, 3.8) is 0 Å². The maximum atomic E-state index is 13.0. The first kappa shape index (κ1) is 20.6. The molecule has 0 aliphatic heterocycles. The maximum absolute atomic E-state index is 13.0. The second kappa shape index (κ2) is 11.2. The standard InChI is InChI=1S/C18H22N4O2S/c19-12-6-2-8-14-22(15-9-3-7-13-20)25(23,24)18(16-21)17-10-4-1-5-11-17/h1,4-5,10-11,18H,2-3,6-9,14-15H2. The Balaban J connectivity index is 2.93. The van der Waals surface area contributed by atoms with Gasteiger partial charge in [-0.2, -0.15) is 15.8 Å². The van der Waals surface area contributed by atoms with E-state index in [1.165, 1.54) is 4.31 Å². The number of nitriles is 3. The highest BCUT2D eigenvalue weighted by atomic mass is 32.2. The molecular formula is C18H22N4O2S. The lowest BCUT2D eigenvalue weighted by Gasteiger charge is -2.24. The Morgan fingerprint density at radius 3 is 1.84 bits per heavy atom. The zero-order valence-corrected chi connectivity index (χ0v) is 15.0. The molecule has 0 fully saturated rings. The summed E-state index contributed by atoms with van der Waals surface area (Å²) in [5.74, 6) is 0. The van der Waals surface area contributed by atoms with Crippen LogP contribution in [0.4, 0.5) is 0 Å². The second-order valence-corrected chi connectivity index (χ2v) is 7.61. The molecule has 6 nitrogen and oxygen atoms in total. The van der Waals surface area contributed by atoms with Crippen molar-refractivity contribution in [1.29, 1.82) is 15.8 Å². The van der Waals surface area contributed by atoms with E-state index in [1.54, 1.807) is 30.3 Å². The Bertz CT molecular complexity index is 720. The average Bonchev–Trinajstić information content (AvgIpc) is 2.61. The number of hydrogen-bond acceptors (Lipinski definition) is 5. The van der Waals surface area contributed by atoms with Crippen LogP contribution in [0.1, 0.15) is 49.3 Å². The molecule has 0 bridgehead atoms. The van der Waals surface area contributed by atoms with E-state index >= 15 is 0 Å². The van der Waals surface area contributed by atoms with Gasteiger partial charge in [0.1, 0.15) is 0 Å². The first-order valence-corrected chi connectivity index (χ1v) is 9.75. The van der Waals surface area contributed by atoms with Crippen LogP contribution in [0.25, 0.3) is 0 Å². The zero-order chi connectivity index (χ0) is 18.5. The Hall–Kier alpha value is -2.40. The minimum absolute atomic E-state index is 0.279. The highest BCUT2D eigenvalue weighted by Crippen LogP contribution is 2.25. The molecule has 0 aliphatic carbocycles. The molecule has 1 rings (SSSR count). The molecular weight excluding hydrogens is 336 g/mol. The van der Waals surface area contributed by atoms with E-state index in [4.69, 9.17) is 10.5 Å². The van der Waals surface area contributed by atoms with Gasteiger partial charge in [0.15, 0.2) is 5.25 Å². The fraction of sp³-hybridized carbons (Fsp3) is 0.500.